The number of nitrogens with zero attached hydrogens (tertiary/aromatic N) is 9. The molecule has 0 amide bonds. The number of aliphatic imine (C=N–C) groups is 1. The largest absolute Gasteiger partial charge is 0.353 e. The van der Waals surface area contributed by atoms with Gasteiger partial charge in [0.15, 0.2) is 0 Å². The summed E-state index contributed by atoms with van der Waals surface area (Å²) in [6.07, 6.45) is 14.6. The second kappa shape index (κ2) is 10.1. The van der Waals surface area contributed by atoms with Crippen molar-refractivity contribution in [3.05, 3.63) is 84.8 Å². The molecule has 5 aromatic heterocycles. The van der Waals surface area contributed by atoms with Gasteiger partial charge in [-0.1, -0.05) is 11.8 Å². The summed E-state index contributed by atoms with van der Waals surface area (Å²) >= 11 is 0. The number of aromatic nitrogens is 6. The summed E-state index contributed by atoms with van der Waals surface area (Å²) in [5, 5.41) is 8.97. The molecule has 2 atom stereocenters. The topological polar surface area (TPSA) is 79.7 Å². The molecule has 2 bridgehead atoms. The van der Waals surface area contributed by atoms with Crippen LogP contribution in [0.15, 0.2) is 78.7 Å². The average Bonchev–Trinajstić information content (AvgIpc) is 3.62. The van der Waals surface area contributed by atoms with Gasteiger partial charge in [0, 0.05) is 96.6 Å². The number of piperazine rings is 1. The van der Waals surface area contributed by atoms with E-state index in [1.54, 1.807) is 12.4 Å². The Kier molecular flexibility index (Phi) is 6.10. The average molecular weight is 528 g/mol. The number of fused-ring (bicyclic) bond motifs is 3. The molecule has 8 heterocycles. The monoisotopic (exact) mass is 527 g/mol. The molecule has 8 rings (SSSR count). The number of anilines is 1. The second-order valence-corrected chi connectivity index (χ2v) is 10.5. The predicted octanol–water partition coefficient (Wildman–Crippen LogP) is 3.71. The molecule has 0 radical (unpaired) electrons. The van der Waals surface area contributed by atoms with Crippen LogP contribution in [-0.4, -0.2) is 72.7 Å². The van der Waals surface area contributed by atoms with E-state index >= 15 is 0 Å². The number of rotatable bonds is 6. The first-order valence-electron chi connectivity index (χ1n) is 13.4. The quantitative estimate of drug-likeness (QED) is 0.248. The van der Waals surface area contributed by atoms with Gasteiger partial charge in [0.05, 0.1) is 31.0 Å². The molecule has 5 aromatic rings. The summed E-state index contributed by atoms with van der Waals surface area (Å²) in [5.41, 5.74) is 7.27. The summed E-state index contributed by atoms with van der Waals surface area (Å²) < 4.78 is 3.74. The molecule has 3 aliphatic rings. The third-order valence-corrected chi connectivity index (χ3v) is 7.91. The van der Waals surface area contributed by atoms with E-state index in [9.17, 15) is 0 Å². The van der Waals surface area contributed by atoms with Crippen LogP contribution in [0.25, 0.3) is 27.8 Å². The van der Waals surface area contributed by atoms with Crippen molar-refractivity contribution < 1.29 is 0 Å². The van der Waals surface area contributed by atoms with Gasteiger partial charge in [-0.15, -0.1) is 0 Å². The fourth-order valence-corrected chi connectivity index (χ4v) is 5.90. The molecule has 9 nitrogen and oxygen atoms in total. The third kappa shape index (κ3) is 4.42. The zero-order valence-corrected chi connectivity index (χ0v) is 22.4. The van der Waals surface area contributed by atoms with Crippen molar-refractivity contribution >= 4 is 18.1 Å². The minimum absolute atomic E-state index is 0.508. The van der Waals surface area contributed by atoms with Gasteiger partial charge < -0.3 is 4.90 Å². The Hall–Kier alpha value is -4.81. The molecule has 2 unspecified atom stereocenters. The van der Waals surface area contributed by atoms with Gasteiger partial charge in [-0.05, 0) is 43.5 Å². The SMILES string of the molecule is C=NCc1cnn2cc(-c3cnn(C)c3)cc(-c3ccc(N4CC5CC(C4)N5CC#Cc4ccncc4)nc3)c12. The first-order valence-corrected chi connectivity index (χ1v) is 13.4. The molecular formula is C31H29N9. The maximum atomic E-state index is 4.93. The van der Waals surface area contributed by atoms with Crippen LogP contribution in [0, 0.1) is 11.8 Å². The highest BCUT2D eigenvalue weighted by atomic mass is 15.4. The molecule has 0 N–H and O–H groups in total. The lowest BCUT2D eigenvalue weighted by Gasteiger charge is -2.56. The number of piperidine rings is 1. The van der Waals surface area contributed by atoms with Crippen LogP contribution in [0.1, 0.15) is 17.5 Å². The maximum Gasteiger partial charge on any atom is 0.128 e. The molecule has 9 heteroatoms. The second-order valence-electron chi connectivity index (χ2n) is 10.5. The molecule has 0 aromatic carbocycles. The maximum absolute atomic E-state index is 4.93. The summed E-state index contributed by atoms with van der Waals surface area (Å²) in [7, 11) is 1.92. The Morgan fingerprint density at radius 3 is 2.55 bits per heavy atom. The van der Waals surface area contributed by atoms with Crippen molar-refractivity contribution in [2.45, 2.75) is 25.0 Å². The van der Waals surface area contributed by atoms with Crippen molar-refractivity contribution in [3.8, 4) is 34.1 Å². The van der Waals surface area contributed by atoms with Crippen LogP contribution in [0.3, 0.4) is 0 Å². The number of pyridine rings is 3. The van der Waals surface area contributed by atoms with Crippen LogP contribution in [-0.2, 0) is 13.6 Å². The van der Waals surface area contributed by atoms with E-state index in [1.807, 2.05) is 59.4 Å². The summed E-state index contributed by atoms with van der Waals surface area (Å²) in [6, 6.07) is 11.4. The van der Waals surface area contributed by atoms with E-state index in [0.29, 0.717) is 18.6 Å². The predicted molar refractivity (Wildman–Crippen MR) is 156 cm³/mol. The molecule has 0 spiro atoms. The molecular weight excluding hydrogens is 498 g/mol. The lowest BCUT2D eigenvalue weighted by atomic mass is 9.87. The Bertz CT molecular complexity index is 1730. The molecule has 3 saturated heterocycles. The number of hydrogen-bond acceptors (Lipinski definition) is 7. The van der Waals surface area contributed by atoms with Crippen LogP contribution >= 0.6 is 0 Å². The molecule has 3 aliphatic heterocycles. The fourth-order valence-electron chi connectivity index (χ4n) is 5.90. The molecule has 198 valence electrons. The lowest BCUT2D eigenvalue weighted by Crippen LogP contribution is -2.68. The van der Waals surface area contributed by atoms with E-state index in [-0.39, 0.29) is 0 Å². The molecule has 3 fully saturated rings. The Labute approximate surface area is 232 Å². The molecule has 0 saturated carbocycles. The first-order chi connectivity index (χ1) is 19.7. The van der Waals surface area contributed by atoms with Crippen LogP contribution in [0.5, 0.6) is 0 Å². The van der Waals surface area contributed by atoms with Crippen molar-refractivity contribution in [3.63, 3.8) is 0 Å². The van der Waals surface area contributed by atoms with Crippen LogP contribution in [0.2, 0.25) is 0 Å². The van der Waals surface area contributed by atoms with Gasteiger partial charge in [0.1, 0.15) is 5.82 Å². The van der Waals surface area contributed by atoms with Crippen LogP contribution in [0.4, 0.5) is 5.82 Å². The Morgan fingerprint density at radius 1 is 0.975 bits per heavy atom. The van der Waals surface area contributed by atoms with Gasteiger partial charge in [-0.2, -0.15) is 10.2 Å². The van der Waals surface area contributed by atoms with E-state index in [0.717, 1.165) is 64.3 Å². The van der Waals surface area contributed by atoms with Gasteiger partial charge in [0.25, 0.3) is 0 Å². The van der Waals surface area contributed by atoms with E-state index < -0.39 is 0 Å². The van der Waals surface area contributed by atoms with Crippen molar-refractivity contribution in [2.24, 2.45) is 12.0 Å². The molecule has 40 heavy (non-hydrogen) atoms. The zero-order chi connectivity index (χ0) is 27.1. The third-order valence-electron chi connectivity index (χ3n) is 7.91. The standard InChI is InChI=1S/C31H29N9/c1-32-14-25-16-36-40-19-24(26-17-35-37(2)18-26)12-29(31(25)40)23-5-6-30(34-15-23)38-20-27-13-28(21-38)39(27)11-3-4-22-7-9-33-10-8-22/h5-10,12,15-19,27-28H,1,11,13-14,20-21H2,2H3. The lowest BCUT2D eigenvalue weighted by molar-refractivity contribution is 0.0125. The van der Waals surface area contributed by atoms with E-state index in [1.165, 1.54) is 6.42 Å². The van der Waals surface area contributed by atoms with Crippen molar-refractivity contribution in [1.29, 1.82) is 0 Å². The van der Waals surface area contributed by atoms with Crippen molar-refractivity contribution in [2.75, 3.05) is 24.5 Å². The fraction of sp³-hybridized carbons (Fsp3) is 0.258. The minimum atomic E-state index is 0.508. The van der Waals surface area contributed by atoms with E-state index in [4.69, 9.17) is 4.98 Å². The van der Waals surface area contributed by atoms with E-state index in [2.05, 4.69) is 66.7 Å². The number of aryl methyl sites for hydroxylation is 1. The highest BCUT2D eigenvalue weighted by Gasteiger charge is 2.44. The summed E-state index contributed by atoms with van der Waals surface area (Å²) in [4.78, 5) is 18.0. The highest BCUT2D eigenvalue weighted by Crippen LogP contribution is 2.35. The van der Waals surface area contributed by atoms with Gasteiger partial charge >= 0.3 is 0 Å². The van der Waals surface area contributed by atoms with Gasteiger partial charge in [-0.3, -0.25) is 19.6 Å². The number of hydrogen-bond donors (Lipinski definition) is 0. The van der Waals surface area contributed by atoms with Crippen LogP contribution < -0.4 is 4.90 Å². The highest BCUT2D eigenvalue weighted by molar-refractivity contribution is 5.86. The molecule has 0 aliphatic carbocycles. The zero-order valence-electron chi connectivity index (χ0n) is 22.4. The Morgan fingerprint density at radius 2 is 1.82 bits per heavy atom. The Balaban J connectivity index is 1.12. The summed E-state index contributed by atoms with van der Waals surface area (Å²) in [6.45, 7) is 6.94. The first kappa shape index (κ1) is 24.2. The van der Waals surface area contributed by atoms with Gasteiger partial charge in [0.2, 0.25) is 0 Å². The van der Waals surface area contributed by atoms with Crippen molar-refractivity contribution in [1.82, 2.24) is 34.3 Å². The van der Waals surface area contributed by atoms with Gasteiger partial charge in [-0.25, -0.2) is 9.50 Å². The minimum Gasteiger partial charge on any atom is -0.353 e. The smallest absolute Gasteiger partial charge is 0.128 e. The normalized spacial score (nSPS) is 18.3. The summed E-state index contributed by atoms with van der Waals surface area (Å²) in [5.74, 6) is 7.62.